The largest absolute Gasteiger partial charge is 0.416 e. The summed E-state index contributed by atoms with van der Waals surface area (Å²) in [4.78, 5) is 18.8. The van der Waals surface area contributed by atoms with Gasteiger partial charge in [-0.2, -0.15) is 18.3 Å². The number of hydrogen-bond acceptors (Lipinski definition) is 6. The van der Waals surface area contributed by atoms with E-state index < -0.39 is 29.3 Å². The number of morpholine rings is 1. The lowest BCUT2D eigenvalue weighted by Crippen LogP contribution is -2.35. The van der Waals surface area contributed by atoms with Gasteiger partial charge in [0.1, 0.15) is 17.7 Å². The van der Waals surface area contributed by atoms with Crippen LogP contribution in [-0.4, -0.2) is 51.8 Å². The fourth-order valence-corrected chi connectivity index (χ4v) is 4.33. The number of nitrogen functional groups attached to an aromatic ring is 1. The Morgan fingerprint density at radius 1 is 1.08 bits per heavy atom. The van der Waals surface area contributed by atoms with Crippen LogP contribution in [0.25, 0.3) is 16.6 Å². The molecule has 4 aromatic rings. The van der Waals surface area contributed by atoms with Gasteiger partial charge in [0.2, 0.25) is 0 Å². The van der Waals surface area contributed by atoms with Crippen molar-refractivity contribution in [1.29, 1.82) is 0 Å². The van der Waals surface area contributed by atoms with Crippen LogP contribution in [0.3, 0.4) is 0 Å². The van der Waals surface area contributed by atoms with Crippen LogP contribution in [0.4, 0.5) is 39.5 Å². The summed E-state index contributed by atoms with van der Waals surface area (Å²) in [5, 5.41) is 8.91. The summed E-state index contributed by atoms with van der Waals surface area (Å²) in [6.07, 6.45) is -1.39. The molecule has 0 spiro atoms. The topological polar surface area (TPSA) is 110 Å². The molecule has 0 aliphatic carbocycles. The first kappa shape index (κ1) is 25.4. The Labute approximate surface area is 214 Å². The Kier molecular flexibility index (Phi) is 6.87. The van der Waals surface area contributed by atoms with Crippen molar-refractivity contribution >= 4 is 28.7 Å². The molecule has 38 heavy (non-hydrogen) atoms. The van der Waals surface area contributed by atoms with Gasteiger partial charge in [0, 0.05) is 37.1 Å². The number of halogens is 4. The normalized spacial score (nSPS) is 14.5. The van der Waals surface area contributed by atoms with Crippen LogP contribution in [0.1, 0.15) is 11.1 Å². The van der Waals surface area contributed by atoms with E-state index in [1.54, 1.807) is 28.8 Å². The minimum absolute atomic E-state index is 0.313. The van der Waals surface area contributed by atoms with E-state index in [0.717, 1.165) is 29.8 Å². The third-order valence-electron chi connectivity index (χ3n) is 6.15. The number of carbonyl (C=O) groups excluding carboxylic acids is 1. The zero-order valence-electron chi connectivity index (χ0n) is 19.9. The van der Waals surface area contributed by atoms with E-state index in [-0.39, 0.29) is 0 Å². The number of amides is 2. The third-order valence-corrected chi connectivity index (χ3v) is 6.15. The van der Waals surface area contributed by atoms with Gasteiger partial charge in [-0.3, -0.25) is 4.90 Å². The van der Waals surface area contributed by atoms with Crippen LogP contribution in [-0.2, 0) is 17.5 Å². The molecule has 2 aromatic carbocycles. The standard InChI is InChI=1S/C25H23F4N7O2/c26-19-6-3-17(25(27,28)29)11-20(19)34-24(37)33-18-4-1-15(2-5-18)21-16(12-35-7-9-38-10-8-35)13-36-22(21)23(30)31-14-32-36/h1-6,11,13-14H,7-10,12H2,(H2,30,31,32)(H2,33,34,37). The lowest BCUT2D eigenvalue weighted by Gasteiger charge is -2.26. The molecule has 198 valence electrons. The highest BCUT2D eigenvalue weighted by Gasteiger charge is 2.31. The molecule has 1 saturated heterocycles. The molecule has 1 fully saturated rings. The number of nitrogens with zero attached hydrogens (tertiary/aromatic N) is 4. The number of benzene rings is 2. The maximum atomic E-state index is 14.0. The molecule has 0 unspecified atom stereocenters. The van der Waals surface area contributed by atoms with E-state index >= 15 is 0 Å². The fourth-order valence-electron chi connectivity index (χ4n) is 4.33. The molecule has 0 bridgehead atoms. The first-order valence-electron chi connectivity index (χ1n) is 11.6. The summed E-state index contributed by atoms with van der Waals surface area (Å²) in [6, 6.07) is 7.69. The second-order valence-corrected chi connectivity index (χ2v) is 8.71. The Hall–Kier alpha value is -4.23. The van der Waals surface area contributed by atoms with Crippen LogP contribution < -0.4 is 16.4 Å². The van der Waals surface area contributed by atoms with E-state index in [4.69, 9.17) is 10.5 Å². The maximum absolute atomic E-state index is 14.0. The highest BCUT2D eigenvalue weighted by atomic mass is 19.4. The van der Waals surface area contributed by atoms with E-state index in [9.17, 15) is 22.4 Å². The van der Waals surface area contributed by atoms with Gasteiger partial charge in [-0.15, -0.1) is 0 Å². The maximum Gasteiger partial charge on any atom is 0.416 e. The van der Waals surface area contributed by atoms with Crippen LogP contribution in [0, 0.1) is 5.82 Å². The number of carbonyl (C=O) groups is 1. The zero-order chi connectivity index (χ0) is 26.9. The Balaban J connectivity index is 1.37. The van der Waals surface area contributed by atoms with Gasteiger partial charge in [0.05, 0.1) is 24.5 Å². The SMILES string of the molecule is Nc1ncnn2cc(CN3CCOCC3)c(-c3ccc(NC(=O)Nc4cc(C(F)(F)F)ccc4F)cc3)c12. The number of fused-ring (bicyclic) bond motifs is 1. The summed E-state index contributed by atoms with van der Waals surface area (Å²) in [5.41, 5.74) is 8.15. The summed E-state index contributed by atoms with van der Waals surface area (Å²) in [7, 11) is 0. The third kappa shape index (κ3) is 5.38. The number of nitrogens with two attached hydrogens (primary N) is 1. The summed E-state index contributed by atoms with van der Waals surface area (Å²) in [6.45, 7) is 3.52. The summed E-state index contributed by atoms with van der Waals surface area (Å²) in [5.74, 6) is -0.676. The molecule has 5 rings (SSSR count). The molecule has 9 nitrogen and oxygen atoms in total. The minimum Gasteiger partial charge on any atom is -0.382 e. The van der Waals surface area contributed by atoms with Gasteiger partial charge in [-0.05, 0) is 41.5 Å². The second-order valence-electron chi connectivity index (χ2n) is 8.71. The Morgan fingerprint density at radius 2 is 1.82 bits per heavy atom. The molecular weight excluding hydrogens is 506 g/mol. The van der Waals surface area contributed by atoms with Gasteiger partial charge < -0.3 is 21.1 Å². The van der Waals surface area contributed by atoms with E-state index in [1.807, 2.05) is 6.20 Å². The number of hydrogen-bond donors (Lipinski definition) is 3. The van der Waals surface area contributed by atoms with Crippen molar-refractivity contribution in [3.05, 3.63) is 71.9 Å². The minimum atomic E-state index is -4.67. The molecule has 0 atom stereocenters. The average Bonchev–Trinajstić information content (AvgIpc) is 3.25. The number of rotatable bonds is 5. The summed E-state index contributed by atoms with van der Waals surface area (Å²) < 4.78 is 59.9. The summed E-state index contributed by atoms with van der Waals surface area (Å²) >= 11 is 0. The Bertz CT molecular complexity index is 1470. The smallest absolute Gasteiger partial charge is 0.382 e. The van der Waals surface area contributed by atoms with Crippen molar-refractivity contribution in [2.45, 2.75) is 12.7 Å². The van der Waals surface area contributed by atoms with Crippen LogP contribution in [0.5, 0.6) is 0 Å². The molecule has 0 radical (unpaired) electrons. The lowest BCUT2D eigenvalue weighted by molar-refractivity contribution is -0.137. The average molecular weight is 529 g/mol. The number of anilines is 3. The first-order valence-corrected chi connectivity index (χ1v) is 11.6. The van der Waals surface area contributed by atoms with E-state index in [0.29, 0.717) is 55.0 Å². The van der Waals surface area contributed by atoms with Gasteiger partial charge in [-0.1, -0.05) is 12.1 Å². The van der Waals surface area contributed by atoms with Crippen LogP contribution in [0.15, 0.2) is 55.0 Å². The van der Waals surface area contributed by atoms with Crippen molar-refractivity contribution in [2.75, 3.05) is 42.7 Å². The van der Waals surface area contributed by atoms with Crippen LogP contribution >= 0.6 is 0 Å². The predicted octanol–water partition coefficient (Wildman–Crippen LogP) is 4.61. The number of ether oxygens (including phenoxy) is 1. The molecule has 2 aromatic heterocycles. The molecule has 1 aliphatic heterocycles. The number of nitrogens with one attached hydrogen (secondary N) is 2. The highest BCUT2D eigenvalue weighted by molar-refractivity contribution is 6.00. The van der Waals surface area contributed by atoms with Gasteiger partial charge >= 0.3 is 12.2 Å². The quantitative estimate of drug-likeness (QED) is 0.326. The van der Waals surface area contributed by atoms with E-state index in [1.165, 1.54) is 6.33 Å². The number of alkyl halides is 3. The fraction of sp³-hybridized carbons (Fsp3) is 0.240. The Morgan fingerprint density at radius 3 is 2.53 bits per heavy atom. The van der Waals surface area contributed by atoms with Gasteiger partial charge in [-0.25, -0.2) is 18.7 Å². The van der Waals surface area contributed by atoms with Gasteiger partial charge in [0.25, 0.3) is 0 Å². The van der Waals surface area contributed by atoms with Gasteiger partial charge in [0.15, 0.2) is 5.82 Å². The lowest BCUT2D eigenvalue weighted by atomic mass is 10.0. The van der Waals surface area contributed by atoms with Crippen LogP contribution in [0.2, 0.25) is 0 Å². The molecule has 2 amide bonds. The van der Waals surface area contributed by atoms with Crippen molar-refractivity contribution in [3.8, 4) is 11.1 Å². The van der Waals surface area contributed by atoms with Crippen molar-refractivity contribution < 1.29 is 27.1 Å². The monoisotopic (exact) mass is 529 g/mol. The van der Waals surface area contributed by atoms with Crippen molar-refractivity contribution in [2.24, 2.45) is 0 Å². The van der Waals surface area contributed by atoms with E-state index in [2.05, 4.69) is 25.6 Å². The molecular formula is C25H23F4N7O2. The molecule has 0 saturated carbocycles. The highest BCUT2D eigenvalue weighted by Crippen LogP contribution is 2.34. The molecule has 1 aliphatic rings. The number of urea groups is 1. The second kappa shape index (κ2) is 10.3. The van der Waals surface area contributed by atoms with Crippen molar-refractivity contribution in [3.63, 3.8) is 0 Å². The zero-order valence-corrected chi connectivity index (χ0v) is 19.9. The van der Waals surface area contributed by atoms with Crippen molar-refractivity contribution in [1.82, 2.24) is 19.5 Å². The number of aromatic nitrogens is 3. The molecule has 4 N–H and O–H groups in total. The molecule has 3 heterocycles. The first-order chi connectivity index (χ1) is 18.2. The predicted molar refractivity (Wildman–Crippen MR) is 133 cm³/mol. The molecule has 13 heteroatoms.